The minimum absolute atomic E-state index is 0.0156. The number of likely N-dealkylation sites (N-methyl/N-ethyl adjacent to an activating group) is 1. The predicted molar refractivity (Wildman–Crippen MR) is 58.4 cm³/mol. The third kappa shape index (κ3) is 1.92. The van der Waals surface area contributed by atoms with Crippen molar-refractivity contribution in [1.29, 1.82) is 0 Å². The Bertz CT molecular complexity index is 392. The van der Waals surface area contributed by atoms with Crippen LogP contribution in [0.5, 0.6) is 5.75 Å². The summed E-state index contributed by atoms with van der Waals surface area (Å²) < 4.78 is 5.46. The average molecular weight is 226 g/mol. The van der Waals surface area contributed by atoms with Crippen molar-refractivity contribution < 1.29 is 9.53 Å². The number of hydrogen-bond acceptors (Lipinski definition) is 2. The molecule has 4 heteroatoms. The van der Waals surface area contributed by atoms with Crippen molar-refractivity contribution >= 4 is 17.5 Å². The number of hydrogen-bond donors (Lipinski definition) is 1. The lowest BCUT2D eigenvalue weighted by molar-refractivity contribution is -0.122. The first kappa shape index (κ1) is 10.3. The molecule has 1 aliphatic heterocycles. The Hall–Kier alpha value is -1.22. The largest absolute Gasteiger partial charge is 0.493 e. The Morgan fingerprint density at radius 3 is 3.13 bits per heavy atom. The highest BCUT2D eigenvalue weighted by molar-refractivity contribution is 6.30. The van der Waals surface area contributed by atoms with Crippen LogP contribution in [0.3, 0.4) is 0 Å². The van der Waals surface area contributed by atoms with Gasteiger partial charge >= 0.3 is 0 Å². The molecule has 1 unspecified atom stereocenters. The summed E-state index contributed by atoms with van der Waals surface area (Å²) in [5.41, 5.74) is 0.883. The summed E-state index contributed by atoms with van der Waals surface area (Å²) in [6, 6.07) is 5.38. The quantitative estimate of drug-likeness (QED) is 0.794. The Morgan fingerprint density at radius 1 is 1.60 bits per heavy atom. The molecule has 1 aliphatic rings. The van der Waals surface area contributed by atoms with Crippen LogP contribution < -0.4 is 10.1 Å². The zero-order valence-corrected chi connectivity index (χ0v) is 9.17. The number of halogens is 1. The van der Waals surface area contributed by atoms with E-state index in [1.54, 1.807) is 19.2 Å². The summed E-state index contributed by atoms with van der Waals surface area (Å²) >= 11 is 5.90. The summed E-state index contributed by atoms with van der Waals surface area (Å²) in [6.07, 6.45) is 0.701. The minimum Gasteiger partial charge on any atom is -0.493 e. The molecule has 1 aromatic carbocycles. The van der Waals surface area contributed by atoms with Gasteiger partial charge in [-0.3, -0.25) is 4.79 Å². The van der Waals surface area contributed by atoms with Gasteiger partial charge in [0.1, 0.15) is 5.75 Å². The molecule has 0 saturated carbocycles. The Balaban J connectivity index is 2.40. The number of fused-ring (bicyclic) bond motifs is 1. The lowest BCUT2D eigenvalue weighted by atomic mass is 9.92. The normalized spacial score (nSPS) is 18.9. The van der Waals surface area contributed by atoms with Crippen molar-refractivity contribution in [2.75, 3.05) is 13.7 Å². The molecule has 15 heavy (non-hydrogen) atoms. The molecule has 1 aromatic rings. The summed E-state index contributed by atoms with van der Waals surface area (Å²) in [4.78, 5) is 11.6. The predicted octanol–water partition coefficient (Wildman–Crippen LogP) is 1.95. The van der Waals surface area contributed by atoms with Gasteiger partial charge in [-0.1, -0.05) is 11.6 Å². The molecule has 0 saturated heterocycles. The Kier molecular flexibility index (Phi) is 2.82. The second-order valence-corrected chi connectivity index (χ2v) is 3.92. The van der Waals surface area contributed by atoms with Crippen LogP contribution in [0.4, 0.5) is 0 Å². The first-order valence-electron chi connectivity index (χ1n) is 4.86. The van der Waals surface area contributed by atoms with Crippen molar-refractivity contribution in [1.82, 2.24) is 5.32 Å². The molecule has 1 N–H and O–H groups in total. The maximum Gasteiger partial charge on any atom is 0.227 e. The molecular formula is C11H12ClNO2. The van der Waals surface area contributed by atoms with Crippen molar-refractivity contribution in [2.45, 2.75) is 12.3 Å². The fraction of sp³-hybridized carbons (Fsp3) is 0.364. The van der Waals surface area contributed by atoms with Crippen LogP contribution in [-0.2, 0) is 4.79 Å². The van der Waals surface area contributed by atoms with Gasteiger partial charge in [0.25, 0.3) is 0 Å². The minimum atomic E-state index is -0.141. The lowest BCUT2D eigenvalue weighted by Gasteiger charge is -2.24. The number of amides is 1. The van der Waals surface area contributed by atoms with Crippen molar-refractivity contribution in [2.24, 2.45) is 0 Å². The van der Waals surface area contributed by atoms with E-state index < -0.39 is 0 Å². The first-order chi connectivity index (χ1) is 7.22. The molecule has 0 spiro atoms. The van der Waals surface area contributed by atoms with Crippen molar-refractivity contribution in [3.05, 3.63) is 28.8 Å². The van der Waals surface area contributed by atoms with Gasteiger partial charge in [0, 0.05) is 17.6 Å². The van der Waals surface area contributed by atoms with E-state index >= 15 is 0 Å². The van der Waals surface area contributed by atoms with E-state index in [4.69, 9.17) is 16.3 Å². The number of benzene rings is 1. The Morgan fingerprint density at radius 2 is 2.40 bits per heavy atom. The van der Waals surface area contributed by atoms with E-state index in [2.05, 4.69) is 5.32 Å². The van der Waals surface area contributed by atoms with Crippen LogP contribution in [0.25, 0.3) is 0 Å². The highest BCUT2D eigenvalue weighted by Crippen LogP contribution is 2.35. The fourth-order valence-electron chi connectivity index (χ4n) is 1.81. The molecule has 0 aromatic heterocycles. The summed E-state index contributed by atoms with van der Waals surface area (Å²) in [6.45, 7) is 0.576. The maximum absolute atomic E-state index is 11.6. The first-order valence-corrected chi connectivity index (χ1v) is 5.24. The van der Waals surface area contributed by atoms with Gasteiger partial charge in [-0.2, -0.15) is 0 Å². The van der Waals surface area contributed by atoms with Gasteiger partial charge in [0.15, 0.2) is 0 Å². The number of carbonyl (C=O) groups excluding carboxylic acids is 1. The number of carbonyl (C=O) groups is 1. The maximum atomic E-state index is 11.6. The second-order valence-electron chi connectivity index (χ2n) is 3.49. The molecule has 1 atom stereocenters. The van der Waals surface area contributed by atoms with Gasteiger partial charge < -0.3 is 10.1 Å². The highest BCUT2D eigenvalue weighted by atomic mass is 35.5. The molecule has 2 rings (SSSR count). The van der Waals surface area contributed by atoms with Crippen LogP contribution in [0.1, 0.15) is 17.9 Å². The van der Waals surface area contributed by atoms with E-state index in [-0.39, 0.29) is 11.8 Å². The third-order valence-electron chi connectivity index (χ3n) is 2.57. The molecule has 0 fully saturated rings. The molecule has 3 nitrogen and oxygen atoms in total. The molecule has 1 amide bonds. The summed E-state index contributed by atoms with van der Waals surface area (Å²) in [5.74, 6) is 0.638. The fourth-order valence-corrected chi connectivity index (χ4v) is 1.99. The highest BCUT2D eigenvalue weighted by Gasteiger charge is 2.26. The van der Waals surface area contributed by atoms with Gasteiger partial charge in [-0.15, -0.1) is 0 Å². The smallest absolute Gasteiger partial charge is 0.227 e. The number of rotatable bonds is 1. The van der Waals surface area contributed by atoms with Crippen LogP contribution in [0.15, 0.2) is 18.2 Å². The molecular weight excluding hydrogens is 214 g/mol. The molecule has 0 aliphatic carbocycles. The zero-order valence-electron chi connectivity index (χ0n) is 8.42. The number of nitrogens with one attached hydrogen (secondary N) is 1. The topological polar surface area (TPSA) is 38.3 Å². The van der Waals surface area contributed by atoms with Gasteiger partial charge in [-0.25, -0.2) is 0 Å². The van der Waals surface area contributed by atoms with E-state index in [0.717, 1.165) is 11.3 Å². The standard InChI is InChI=1S/C11H12ClNO2/c1-13-11(14)8-4-5-15-10-3-2-7(12)6-9(8)10/h2-3,6,8H,4-5H2,1H3,(H,13,14). The third-order valence-corrected chi connectivity index (χ3v) is 2.81. The lowest BCUT2D eigenvalue weighted by Crippen LogP contribution is -2.29. The monoisotopic (exact) mass is 225 g/mol. The van der Waals surface area contributed by atoms with Crippen LogP contribution in [0.2, 0.25) is 5.02 Å². The van der Waals surface area contributed by atoms with Gasteiger partial charge in [-0.05, 0) is 24.6 Å². The SMILES string of the molecule is CNC(=O)C1CCOc2ccc(Cl)cc21. The zero-order chi connectivity index (χ0) is 10.8. The van der Waals surface area contributed by atoms with Crippen LogP contribution >= 0.6 is 11.6 Å². The molecule has 1 heterocycles. The summed E-state index contributed by atoms with van der Waals surface area (Å²) in [7, 11) is 1.64. The van der Waals surface area contributed by atoms with E-state index in [0.29, 0.717) is 18.1 Å². The van der Waals surface area contributed by atoms with E-state index in [1.165, 1.54) is 0 Å². The summed E-state index contributed by atoms with van der Waals surface area (Å²) in [5, 5.41) is 3.29. The van der Waals surface area contributed by atoms with E-state index in [9.17, 15) is 4.79 Å². The molecule has 80 valence electrons. The van der Waals surface area contributed by atoms with Gasteiger partial charge in [0.2, 0.25) is 5.91 Å². The van der Waals surface area contributed by atoms with E-state index in [1.807, 2.05) is 6.07 Å². The Labute approximate surface area is 93.4 Å². The molecule has 0 bridgehead atoms. The van der Waals surface area contributed by atoms with Gasteiger partial charge in [0.05, 0.1) is 12.5 Å². The number of ether oxygens (including phenoxy) is 1. The van der Waals surface area contributed by atoms with Crippen LogP contribution in [-0.4, -0.2) is 19.6 Å². The van der Waals surface area contributed by atoms with Crippen molar-refractivity contribution in [3.63, 3.8) is 0 Å². The van der Waals surface area contributed by atoms with Crippen LogP contribution in [0, 0.1) is 0 Å². The van der Waals surface area contributed by atoms with Crippen molar-refractivity contribution in [3.8, 4) is 5.75 Å². The average Bonchev–Trinajstić information content (AvgIpc) is 2.27. The second kappa shape index (κ2) is 4.11. The molecule has 0 radical (unpaired) electrons.